The molecule has 22 heavy (non-hydrogen) atoms. The van der Waals surface area contributed by atoms with E-state index in [1.54, 1.807) is 12.3 Å². The van der Waals surface area contributed by atoms with Crippen molar-refractivity contribution < 1.29 is 4.79 Å². The van der Waals surface area contributed by atoms with Crippen LogP contribution in [0.2, 0.25) is 0 Å². The van der Waals surface area contributed by atoms with Crippen molar-refractivity contribution in [1.29, 1.82) is 0 Å². The highest BCUT2D eigenvalue weighted by Crippen LogP contribution is 2.21. The second-order valence-corrected chi connectivity index (χ2v) is 5.38. The number of nitrogens with one attached hydrogen (secondary N) is 2. The molecular weight excluding hydrogens is 278 g/mol. The minimum atomic E-state index is -0.199. The quantitative estimate of drug-likeness (QED) is 0.894. The lowest BCUT2D eigenvalue weighted by atomic mass is 10.1. The number of aromatic nitrogens is 3. The van der Waals surface area contributed by atoms with Crippen LogP contribution in [0.15, 0.2) is 30.5 Å². The smallest absolute Gasteiger partial charge is 0.270 e. The van der Waals surface area contributed by atoms with Crippen LogP contribution in [0.5, 0.6) is 0 Å². The first kappa shape index (κ1) is 14.6. The molecule has 0 spiro atoms. The fraction of sp³-hybridized carbons (Fsp3) is 0.375. The summed E-state index contributed by atoms with van der Waals surface area (Å²) in [6.07, 6.45) is 3.89. The fourth-order valence-electron chi connectivity index (χ4n) is 2.59. The van der Waals surface area contributed by atoms with Crippen molar-refractivity contribution >= 4 is 5.91 Å². The third kappa shape index (κ3) is 3.46. The standard InChI is InChI=1S/C16H19N5O/c1-11-20-14(13-6-4-8-18-13)9-15(21-11)16(22)19-10-12-5-2-3-7-17-12/h2-3,5,7,9,13,18H,4,6,8,10H2,1H3,(H,19,22). The number of rotatable bonds is 4. The lowest BCUT2D eigenvalue weighted by Gasteiger charge is -2.12. The molecule has 2 aromatic rings. The van der Waals surface area contributed by atoms with Gasteiger partial charge in [0.2, 0.25) is 0 Å². The summed E-state index contributed by atoms with van der Waals surface area (Å²) in [5.74, 6) is 0.421. The van der Waals surface area contributed by atoms with Crippen molar-refractivity contribution in [2.75, 3.05) is 6.54 Å². The summed E-state index contributed by atoms with van der Waals surface area (Å²) < 4.78 is 0. The van der Waals surface area contributed by atoms with Gasteiger partial charge in [-0.05, 0) is 44.5 Å². The van der Waals surface area contributed by atoms with Gasteiger partial charge >= 0.3 is 0 Å². The van der Waals surface area contributed by atoms with Gasteiger partial charge in [0.05, 0.1) is 17.9 Å². The maximum Gasteiger partial charge on any atom is 0.270 e. The van der Waals surface area contributed by atoms with Gasteiger partial charge < -0.3 is 10.6 Å². The zero-order valence-corrected chi connectivity index (χ0v) is 12.5. The number of pyridine rings is 1. The van der Waals surface area contributed by atoms with Crippen LogP contribution in [0.1, 0.15) is 46.6 Å². The molecule has 1 amide bonds. The van der Waals surface area contributed by atoms with E-state index in [0.29, 0.717) is 18.1 Å². The Hall–Kier alpha value is -2.34. The predicted molar refractivity (Wildman–Crippen MR) is 82.2 cm³/mol. The van der Waals surface area contributed by atoms with E-state index in [0.717, 1.165) is 30.8 Å². The Morgan fingerprint density at radius 1 is 1.41 bits per heavy atom. The predicted octanol–water partition coefficient (Wildman–Crippen LogP) is 1.53. The van der Waals surface area contributed by atoms with Crippen LogP contribution >= 0.6 is 0 Å². The molecule has 0 bridgehead atoms. The van der Waals surface area contributed by atoms with E-state index in [4.69, 9.17) is 0 Å². The first-order valence-corrected chi connectivity index (χ1v) is 7.49. The zero-order chi connectivity index (χ0) is 15.4. The Kier molecular flexibility index (Phi) is 4.39. The summed E-state index contributed by atoms with van der Waals surface area (Å²) in [5.41, 5.74) is 2.12. The number of aryl methyl sites for hydroxylation is 1. The normalized spacial score (nSPS) is 17.4. The summed E-state index contributed by atoms with van der Waals surface area (Å²) in [4.78, 5) is 25.2. The number of hydrogen-bond donors (Lipinski definition) is 2. The molecule has 0 saturated carbocycles. The van der Waals surface area contributed by atoms with Crippen molar-refractivity contribution in [2.45, 2.75) is 32.4 Å². The average Bonchev–Trinajstić information content (AvgIpc) is 3.07. The second-order valence-electron chi connectivity index (χ2n) is 5.38. The fourth-order valence-corrected chi connectivity index (χ4v) is 2.59. The maximum atomic E-state index is 12.3. The minimum Gasteiger partial charge on any atom is -0.345 e. The highest BCUT2D eigenvalue weighted by Gasteiger charge is 2.20. The minimum absolute atomic E-state index is 0.199. The highest BCUT2D eigenvalue weighted by atomic mass is 16.1. The van der Waals surface area contributed by atoms with Gasteiger partial charge in [-0.15, -0.1) is 0 Å². The van der Waals surface area contributed by atoms with Crippen LogP contribution in [-0.4, -0.2) is 27.4 Å². The van der Waals surface area contributed by atoms with Gasteiger partial charge in [0.1, 0.15) is 11.5 Å². The molecular formula is C16H19N5O. The number of hydrogen-bond acceptors (Lipinski definition) is 5. The van der Waals surface area contributed by atoms with E-state index in [-0.39, 0.29) is 11.9 Å². The number of carbonyl (C=O) groups is 1. The molecule has 2 N–H and O–H groups in total. The molecule has 1 fully saturated rings. The van der Waals surface area contributed by atoms with Crippen LogP contribution in [0.25, 0.3) is 0 Å². The van der Waals surface area contributed by atoms with Crippen LogP contribution in [0.3, 0.4) is 0 Å². The number of amides is 1. The Morgan fingerprint density at radius 3 is 3.05 bits per heavy atom. The lowest BCUT2D eigenvalue weighted by Crippen LogP contribution is -2.25. The van der Waals surface area contributed by atoms with Gasteiger partial charge in [-0.1, -0.05) is 6.07 Å². The molecule has 3 rings (SSSR count). The third-order valence-corrected chi connectivity index (χ3v) is 3.66. The van der Waals surface area contributed by atoms with Gasteiger partial charge in [0, 0.05) is 12.2 Å². The van der Waals surface area contributed by atoms with E-state index in [9.17, 15) is 4.79 Å². The van der Waals surface area contributed by atoms with Crippen molar-refractivity contribution in [2.24, 2.45) is 0 Å². The lowest BCUT2D eigenvalue weighted by molar-refractivity contribution is 0.0944. The van der Waals surface area contributed by atoms with Gasteiger partial charge in [-0.3, -0.25) is 9.78 Å². The van der Waals surface area contributed by atoms with Crippen LogP contribution in [0.4, 0.5) is 0 Å². The maximum absolute atomic E-state index is 12.3. The molecule has 1 aliphatic rings. The molecule has 2 aromatic heterocycles. The molecule has 1 unspecified atom stereocenters. The summed E-state index contributed by atoms with van der Waals surface area (Å²) in [6, 6.07) is 7.63. The summed E-state index contributed by atoms with van der Waals surface area (Å²) >= 11 is 0. The van der Waals surface area contributed by atoms with Crippen molar-refractivity contribution in [3.63, 3.8) is 0 Å². The van der Waals surface area contributed by atoms with E-state index < -0.39 is 0 Å². The van der Waals surface area contributed by atoms with E-state index >= 15 is 0 Å². The Morgan fingerprint density at radius 2 is 2.32 bits per heavy atom. The van der Waals surface area contributed by atoms with Crippen LogP contribution < -0.4 is 10.6 Å². The summed E-state index contributed by atoms with van der Waals surface area (Å²) in [5, 5.41) is 6.24. The Labute approximate surface area is 129 Å². The third-order valence-electron chi connectivity index (χ3n) is 3.66. The van der Waals surface area contributed by atoms with Crippen molar-refractivity contribution in [3.8, 4) is 0 Å². The zero-order valence-electron chi connectivity index (χ0n) is 12.5. The molecule has 0 aromatic carbocycles. The first-order valence-electron chi connectivity index (χ1n) is 7.49. The van der Waals surface area contributed by atoms with Crippen molar-refractivity contribution in [1.82, 2.24) is 25.6 Å². The van der Waals surface area contributed by atoms with Gasteiger partial charge in [0.15, 0.2) is 0 Å². The molecule has 1 saturated heterocycles. The molecule has 1 aliphatic heterocycles. The molecule has 0 radical (unpaired) electrons. The van der Waals surface area contributed by atoms with Crippen LogP contribution in [-0.2, 0) is 6.54 Å². The Balaban J connectivity index is 1.71. The van der Waals surface area contributed by atoms with Gasteiger partial charge in [0.25, 0.3) is 5.91 Å². The summed E-state index contributed by atoms with van der Waals surface area (Å²) in [6.45, 7) is 3.20. The number of nitrogens with zero attached hydrogens (tertiary/aromatic N) is 3. The van der Waals surface area contributed by atoms with Gasteiger partial charge in [-0.25, -0.2) is 9.97 Å². The van der Waals surface area contributed by atoms with Gasteiger partial charge in [-0.2, -0.15) is 0 Å². The largest absolute Gasteiger partial charge is 0.345 e. The SMILES string of the molecule is Cc1nc(C(=O)NCc2ccccn2)cc(C2CCCN2)n1. The molecule has 0 aliphatic carbocycles. The molecule has 3 heterocycles. The Bertz CT molecular complexity index is 653. The second kappa shape index (κ2) is 6.62. The number of carbonyl (C=O) groups excluding carboxylic acids is 1. The van der Waals surface area contributed by atoms with Crippen molar-refractivity contribution in [3.05, 3.63) is 53.4 Å². The molecule has 6 heteroatoms. The molecule has 114 valence electrons. The highest BCUT2D eigenvalue weighted by molar-refractivity contribution is 5.92. The van der Waals surface area contributed by atoms with E-state index in [1.165, 1.54) is 0 Å². The first-order chi connectivity index (χ1) is 10.7. The molecule has 1 atom stereocenters. The van der Waals surface area contributed by atoms with Crippen LogP contribution in [0, 0.1) is 6.92 Å². The van der Waals surface area contributed by atoms with E-state index in [2.05, 4.69) is 25.6 Å². The monoisotopic (exact) mass is 297 g/mol. The molecule has 6 nitrogen and oxygen atoms in total. The average molecular weight is 297 g/mol. The van der Waals surface area contributed by atoms with E-state index in [1.807, 2.05) is 25.1 Å². The topological polar surface area (TPSA) is 79.8 Å². The summed E-state index contributed by atoms with van der Waals surface area (Å²) in [7, 11) is 0.